The lowest BCUT2D eigenvalue weighted by atomic mass is 10.0. The van der Waals surface area contributed by atoms with E-state index in [2.05, 4.69) is 25.4 Å². The van der Waals surface area contributed by atoms with Crippen LogP contribution < -0.4 is 10.1 Å². The van der Waals surface area contributed by atoms with Crippen LogP contribution in [0.2, 0.25) is 0 Å². The fourth-order valence-electron chi connectivity index (χ4n) is 4.37. The average molecular weight is 519 g/mol. The van der Waals surface area contributed by atoms with Crippen LogP contribution >= 0.6 is 0 Å². The van der Waals surface area contributed by atoms with Gasteiger partial charge in [0, 0.05) is 18.2 Å². The number of nitrogens with zero attached hydrogens (tertiary/aromatic N) is 5. The number of unbranched alkanes of at least 4 members (excludes halogenated alkanes) is 2. The predicted octanol–water partition coefficient (Wildman–Crippen LogP) is 4.89. The summed E-state index contributed by atoms with van der Waals surface area (Å²) in [5.41, 5.74) is 1.50. The number of methoxy groups -OCH3 is 1. The highest BCUT2D eigenvalue weighted by Gasteiger charge is 2.23. The molecule has 0 radical (unpaired) electrons. The zero-order valence-corrected chi connectivity index (χ0v) is 22.4. The first-order valence-corrected chi connectivity index (χ1v) is 13.0. The number of fused-ring (bicyclic) bond motifs is 1. The third kappa shape index (κ3) is 6.62. The Morgan fingerprint density at radius 3 is 2.68 bits per heavy atom. The van der Waals surface area contributed by atoms with Gasteiger partial charge in [-0.2, -0.15) is 5.10 Å². The molecule has 0 spiro atoms. The third-order valence-electron chi connectivity index (χ3n) is 6.40. The van der Waals surface area contributed by atoms with E-state index in [9.17, 15) is 9.59 Å². The van der Waals surface area contributed by atoms with Gasteiger partial charge in [0.25, 0.3) is 0 Å². The van der Waals surface area contributed by atoms with Crippen LogP contribution in [0.25, 0.3) is 22.2 Å². The Hall–Kier alpha value is -4.08. The predicted molar refractivity (Wildman–Crippen MR) is 143 cm³/mol. The second-order valence-corrected chi connectivity index (χ2v) is 9.28. The van der Waals surface area contributed by atoms with Gasteiger partial charge < -0.3 is 14.5 Å². The Kier molecular flexibility index (Phi) is 8.83. The van der Waals surface area contributed by atoms with Gasteiger partial charge in [-0.05, 0) is 38.8 Å². The Bertz CT molecular complexity index is 1410. The molecule has 1 aromatic carbocycles. The van der Waals surface area contributed by atoms with E-state index in [1.54, 1.807) is 24.9 Å². The lowest BCUT2D eigenvalue weighted by molar-refractivity contribution is -0.123. The lowest BCUT2D eigenvalue weighted by Gasteiger charge is -2.16. The first-order chi connectivity index (χ1) is 18.4. The summed E-state index contributed by atoms with van der Waals surface area (Å²) < 4.78 is 13.3. The van der Waals surface area contributed by atoms with E-state index in [-0.39, 0.29) is 18.2 Å². The molecule has 0 aliphatic rings. The Labute approximate surface area is 221 Å². The Morgan fingerprint density at radius 2 is 1.95 bits per heavy atom. The molecule has 4 aromatic rings. The van der Waals surface area contributed by atoms with Gasteiger partial charge in [-0.3, -0.25) is 9.59 Å². The summed E-state index contributed by atoms with van der Waals surface area (Å²) in [7, 11) is 1.57. The summed E-state index contributed by atoms with van der Waals surface area (Å²) in [4.78, 5) is 38.0. The minimum atomic E-state index is -0.442. The molecule has 3 heterocycles. The average Bonchev–Trinajstić information content (AvgIpc) is 3.52. The van der Waals surface area contributed by atoms with Gasteiger partial charge in [-0.15, -0.1) is 0 Å². The van der Waals surface area contributed by atoms with Crippen LogP contribution in [0.5, 0.6) is 5.88 Å². The molecule has 3 aromatic heterocycles. The van der Waals surface area contributed by atoms with Crippen LogP contribution in [0.3, 0.4) is 0 Å². The SMILES string of the molecule is CCC(=O)CCCCCC(NC(=O)Cn1nc(C)nc1C)c1ncc(-c2cc3ccccc3nc2OC)o1. The molecule has 0 bridgehead atoms. The highest BCUT2D eigenvalue weighted by atomic mass is 16.5. The van der Waals surface area contributed by atoms with Crippen molar-refractivity contribution in [3.05, 3.63) is 54.1 Å². The van der Waals surface area contributed by atoms with Crippen LogP contribution in [0.4, 0.5) is 0 Å². The van der Waals surface area contributed by atoms with Gasteiger partial charge >= 0.3 is 0 Å². The maximum absolute atomic E-state index is 13.0. The molecule has 0 aliphatic carbocycles. The zero-order valence-electron chi connectivity index (χ0n) is 22.4. The van der Waals surface area contributed by atoms with Gasteiger partial charge in [0.1, 0.15) is 30.0 Å². The minimum absolute atomic E-state index is 0.0458. The van der Waals surface area contributed by atoms with E-state index in [0.29, 0.717) is 54.0 Å². The van der Waals surface area contributed by atoms with Crippen LogP contribution in [-0.4, -0.2) is 43.5 Å². The van der Waals surface area contributed by atoms with Crippen molar-refractivity contribution in [2.45, 2.75) is 71.9 Å². The van der Waals surface area contributed by atoms with Crippen LogP contribution in [0.15, 0.2) is 40.9 Å². The van der Waals surface area contributed by atoms with E-state index in [1.165, 1.54) is 0 Å². The number of carbonyl (C=O) groups excluding carboxylic acids is 2. The number of nitrogens with one attached hydrogen (secondary N) is 1. The quantitative estimate of drug-likeness (QED) is 0.248. The Morgan fingerprint density at radius 1 is 1.13 bits per heavy atom. The molecular formula is C28H34N6O4. The maximum atomic E-state index is 13.0. The van der Waals surface area contributed by atoms with E-state index < -0.39 is 6.04 Å². The molecule has 200 valence electrons. The fraction of sp³-hybridized carbons (Fsp3) is 0.429. The van der Waals surface area contributed by atoms with Crippen LogP contribution in [0.1, 0.15) is 69.0 Å². The summed E-state index contributed by atoms with van der Waals surface area (Å²) in [6.07, 6.45) is 5.89. The third-order valence-corrected chi connectivity index (χ3v) is 6.40. The van der Waals surface area contributed by atoms with Gasteiger partial charge in [0.2, 0.25) is 17.7 Å². The smallest absolute Gasteiger partial charge is 0.242 e. The van der Waals surface area contributed by atoms with E-state index in [4.69, 9.17) is 9.15 Å². The largest absolute Gasteiger partial charge is 0.480 e. The molecular weight excluding hydrogens is 484 g/mol. The maximum Gasteiger partial charge on any atom is 0.242 e. The monoisotopic (exact) mass is 518 g/mol. The number of aromatic nitrogens is 5. The normalized spacial score (nSPS) is 12.0. The molecule has 10 heteroatoms. The number of benzene rings is 1. The number of ether oxygens (including phenoxy) is 1. The summed E-state index contributed by atoms with van der Waals surface area (Å²) in [5.74, 6) is 2.68. The number of Topliss-reactive ketones (excluding diaryl/α,β-unsaturated/α-hetero) is 1. The number of carbonyl (C=O) groups is 2. The highest BCUT2D eigenvalue weighted by Crippen LogP contribution is 2.33. The summed E-state index contributed by atoms with van der Waals surface area (Å²) in [6.45, 7) is 5.53. The Balaban J connectivity index is 1.53. The number of aryl methyl sites for hydroxylation is 2. The molecule has 10 nitrogen and oxygen atoms in total. The molecule has 38 heavy (non-hydrogen) atoms. The number of oxazole rings is 1. The van der Waals surface area contributed by atoms with Crippen molar-refractivity contribution in [1.29, 1.82) is 0 Å². The topological polar surface area (TPSA) is 125 Å². The van der Waals surface area contributed by atoms with Crippen molar-refractivity contribution in [3.63, 3.8) is 0 Å². The van der Waals surface area contributed by atoms with Crippen molar-refractivity contribution in [1.82, 2.24) is 30.0 Å². The van der Waals surface area contributed by atoms with Crippen molar-refractivity contribution in [2.24, 2.45) is 0 Å². The van der Waals surface area contributed by atoms with Crippen LogP contribution in [-0.2, 0) is 16.1 Å². The van der Waals surface area contributed by atoms with Gasteiger partial charge in [-0.1, -0.05) is 38.0 Å². The number of hydrogen-bond acceptors (Lipinski definition) is 8. The van der Waals surface area contributed by atoms with E-state index in [0.717, 1.165) is 30.2 Å². The molecule has 1 atom stereocenters. The first-order valence-electron chi connectivity index (χ1n) is 13.0. The summed E-state index contributed by atoms with van der Waals surface area (Å²) >= 11 is 0. The number of pyridine rings is 1. The molecule has 0 aliphatic heterocycles. The van der Waals surface area contributed by atoms with E-state index in [1.807, 2.05) is 44.2 Å². The second-order valence-electron chi connectivity index (χ2n) is 9.28. The van der Waals surface area contributed by atoms with Gasteiger partial charge in [-0.25, -0.2) is 19.6 Å². The van der Waals surface area contributed by atoms with Gasteiger partial charge in [0.05, 0.1) is 24.4 Å². The number of hydrogen-bond donors (Lipinski definition) is 1. The zero-order chi connectivity index (χ0) is 27.1. The molecule has 4 rings (SSSR count). The molecule has 0 saturated carbocycles. The highest BCUT2D eigenvalue weighted by molar-refractivity contribution is 5.85. The number of ketones is 1. The van der Waals surface area contributed by atoms with E-state index >= 15 is 0 Å². The molecule has 1 N–H and O–H groups in total. The summed E-state index contributed by atoms with van der Waals surface area (Å²) in [6, 6.07) is 9.29. The first kappa shape index (κ1) is 27.0. The number of amides is 1. The number of rotatable bonds is 13. The van der Waals surface area contributed by atoms with Crippen molar-refractivity contribution >= 4 is 22.6 Å². The number of para-hydroxylation sites is 1. The molecule has 1 unspecified atom stereocenters. The fourth-order valence-corrected chi connectivity index (χ4v) is 4.37. The molecule has 1 amide bonds. The molecule has 0 fully saturated rings. The second kappa shape index (κ2) is 12.4. The van der Waals surface area contributed by atoms with Crippen molar-refractivity contribution in [2.75, 3.05) is 7.11 Å². The minimum Gasteiger partial charge on any atom is -0.480 e. The van der Waals surface area contributed by atoms with Crippen molar-refractivity contribution < 1.29 is 18.7 Å². The standard InChI is InChI=1S/C28H34N6O4/c1-5-21(35)12-7-6-8-14-24(31-26(36)17-34-19(3)30-18(2)33-34)28-29-16-25(38-28)22-15-20-11-9-10-13-23(20)32-27(22)37-4/h9-11,13,15-16,24H,5-8,12,14,17H2,1-4H3,(H,31,36). The molecule has 0 saturated heterocycles. The lowest BCUT2D eigenvalue weighted by Crippen LogP contribution is -2.32. The van der Waals surface area contributed by atoms with Gasteiger partial charge in [0.15, 0.2) is 5.76 Å². The van der Waals surface area contributed by atoms with Crippen molar-refractivity contribution in [3.8, 4) is 17.2 Å². The van der Waals surface area contributed by atoms with Crippen LogP contribution in [0, 0.1) is 13.8 Å². The summed E-state index contributed by atoms with van der Waals surface area (Å²) in [5, 5.41) is 8.29.